The van der Waals surface area contributed by atoms with Gasteiger partial charge in [-0.3, -0.25) is 34.5 Å². The molecule has 15 nitrogen and oxygen atoms in total. The summed E-state index contributed by atoms with van der Waals surface area (Å²) in [5.41, 5.74) is 6.53. The Kier molecular flexibility index (Phi) is 16.4. The van der Waals surface area contributed by atoms with Gasteiger partial charge in [0.2, 0.25) is 5.24 Å². The standard InChI is InChI=1S/C22H29FN2O4.C17H19FN2O.C11H15ClO2.C11H15FN2O2/c1-20(2,3)29-19(28)24-25(15-10-8-7-9-14(15)23)18(27)16-13-11-12-22(6,17(16)26)21(13,4)5;1-16(2)10-8-9-17(16,3)14-13(10)15(21)20(19-14)12-7-5-4-6-11(12)18;1-10(2)6-4-5-11(10,3)8(13)7(6)9(12)14;1-11(2,3)16-10(15)14-13-9-7-5-4-6-8(9)12/h7-10,13,16H,11-12H2,1-6H3,(H,24,28);4-7,10,19H,8-9H2,1-3H3;6-7H,4-5H2,1-3H3;4-7,13H,1-3H3,(H,14,15)/t13-,16?,22+;10-,17+;6-,7?,11+;/m000./s1. The maximum atomic E-state index is 14.5. The smallest absolute Gasteiger partial charge is 0.427 e. The Morgan fingerprint density at radius 3 is 1.56 bits per heavy atom. The van der Waals surface area contributed by atoms with Crippen molar-refractivity contribution in [3.63, 3.8) is 0 Å². The van der Waals surface area contributed by atoms with Crippen molar-refractivity contribution in [1.29, 1.82) is 0 Å². The van der Waals surface area contributed by atoms with Gasteiger partial charge >= 0.3 is 12.2 Å². The van der Waals surface area contributed by atoms with Gasteiger partial charge in [0, 0.05) is 27.5 Å². The number of carbonyl (C=O) groups excluding carboxylic acids is 6. The second-order valence-electron chi connectivity index (χ2n) is 26.5. The van der Waals surface area contributed by atoms with E-state index in [-0.39, 0.29) is 79.1 Å². The summed E-state index contributed by atoms with van der Waals surface area (Å²) in [4.78, 5) is 86.3. The molecule has 6 bridgehead atoms. The van der Waals surface area contributed by atoms with E-state index in [0.717, 1.165) is 54.8 Å². The molecule has 4 N–H and O–H groups in total. The first kappa shape index (κ1) is 61.2. The molecular formula is C61H78ClF3N6O9. The Labute approximate surface area is 471 Å². The van der Waals surface area contributed by atoms with Gasteiger partial charge in [0.15, 0.2) is 11.6 Å². The molecule has 1 aromatic heterocycles. The fraction of sp³-hybridized carbons (Fsp3) is 0.557. The summed E-state index contributed by atoms with van der Waals surface area (Å²) in [7, 11) is 0. The van der Waals surface area contributed by atoms with Crippen molar-refractivity contribution >= 4 is 57.9 Å². The molecule has 0 saturated heterocycles. The van der Waals surface area contributed by atoms with Gasteiger partial charge < -0.3 is 9.47 Å². The molecule has 6 aliphatic rings. The number of nitrogens with zero attached hydrogens (tertiary/aromatic N) is 2. The number of nitrogens with one attached hydrogen (secondary N) is 4. The summed E-state index contributed by atoms with van der Waals surface area (Å²) < 4.78 is 53.2. The average Bonchev–Trinajstić information content (AvgIpc) is 4.19. The lowest BCUT2D eigenvalue weighted by atomic mass is 9.70. The minimum absolute atomic E-state index is 0.0251. The van der Waals surface area contributed by atoms with E-state index >= 15 is 0 Å². The zero-order valence-electron chi connectivity index (χ0n) is 48.6. The third-order valence-electron chi connectivity index (χ3n) is 19.2. The molecule has 8 atom stereocenters. The number of Topliss-reactive ketones (excluding diaryl/α,β-unsaturated/α-hetero) is 2. The van der Waals surface area contributed by atoms with Crippen LogP contribution in [0.4, 0.5) is 34.1 Å². The minimum Gasteiger partial charge on any atom is -0.443 e. The maximum Gasteiger partial charge on any atom is 0.427 e. The van der Waals surface area contributed by atoms with Crippen LogP contribution >= 0.6 is 11.6 Å². The molecule has 3 amide bonds. The normalized spacial score (nSPS) is 27.5. The number of aromatic amines is 1. The Morgan fingerprint density at radius 2 is 1.10 bits per heavy atom. The monoisotopic (exact) mass is 1130 g/mol. The molecule has 0 radical (unpaired) electrons. The van der Waals surface area contributed by atoms with Crippen LogP contribution in [0, 0.1) is 68.2 Å². The third-order valence-corrected chi connectivity index (χ3v) is 19.4. The Bertz CT molecular complexity index is 3160. The number of rotatable bonds is 6. The Morgan fingerprint density at radius 1 is 0.625 bits per heavy atom. The molecule has 0 aliphatic heterocycles. The second kappa shape index (κ2) is 21.5. The zero-order chi connectivity index (χ0) is 59.7. The van der Waals surface area contributed by atoms with Crippen LogP contribution < -0.4 is 26.8 Å². The van der Waals surface area contributed by atoms with Gasteiger partial charge in [-0.25, -0.2) is 43.3 Å². The fourth-order valence-corrected chi connectivity index (χ4v) is 13.8. The first-order chi connectivity index (χ1) is 36.9. The summed E-state index contributed by atoms with van der Waals surface area (Å²) in [6, 6.07) is 18.0. The largest absolute Gasteiger partial charge is 0.443 e. The van der Waals surface area contributed by atoms with Gasteiger partial charge in [-0.15, -0.1) is 0 Å². The molecule has 6 aliphatic carbocycles. The molecule has 1 heterocycles. The molecule has 5 saturated carbocycles. The highest BCUT2D eigenvalue weighted by atomic mass is 35.5. The van der Waals surface area contributed by atoms with Gasteiger partial charge in [0.25, 0.3) is 11.5 Å². The topological polar surface area (TPSA) is 198 Å². The molecule has 434 valence electrons. The van der Waals surface area contributed by atoms with E-state index in [1.165, 1.54) is 41.1 Å². The summed E-state index contributed by atoms with van der Waals surface area (Å²) in [6.45, 7) is 29.1. The molecule has 10 rings (SSSR count). The number of ketones is 2. The molecule has 4 aromatic rings. The number of benzene rings is 3. The summed E-state index contributed by atoms with van der Waals surface area (Å²) in [5.74, 6) is -3.42. The van der Waals surface area contributed by atoms with E-state index in [2.05, 4.69) is 56.0 Å². The van der Waals surface area contributed by atoms with E-state index in [0.29, 0.717) is 5.69 Å². The first-order valence-corrected chi connectivity index (χ1v) is 27.7. The lowest BCUT2D eigenvalue weighted by Crippen LogP contribution is -2.53. The number of hydrogen-bond acceptors (Lipinski definition) is 10. The van der Waals surface area contributed by atoms with Gasteiger partial charge in [-0.1, -0.05) is 98.7 Å². The number of carbonyl (C=O) groups is 6. The number of hydrogen-bond donors (Lipinski definition) is 4. The Balaban J connectivity index is 0.000000160. The molecule has 19 heteroatoms. The zero-order valence-corrected chi connectivity index (χ0v) is 49.4. The number of para-hydroxylation sites is 3. The number of amides is 3. The summed E-state index contributed by atoms with van der Waals surface area (Å²) >= 11 is 5.50. The molecule has 3 aromatic carbocycles. The van der Waals surface area contributed by atoms with E-state index in [1.807, 2.05) is 27.7 Å². The number of fused-ring (bicyclic) bond motifs is 9. The van der Waals surface area contributed by atoms with Crippen LogP contribution in [0.25, 0.3) is 5.69 Å². The number of anilines is 2. The first-order valence-electron chi connectivity index (χ1n) is 27.3. The van der Waals surface area contributed by atoms with Gasteiger partial charge in [-0.05, 0) is 162 Å². The molecule has 80 heavy (non-hydrogen) atoms. The molecule has 0 spiro atoms. The fourth-order valence-electron chi connectivity index (χ4n) is 13.6. The van der Waals surface area contributed by atoms with Crippen LogP contribution in [0.3, 0.4) is 0 Å². The third kappa shape index (κ3) is 10.7. The highest BCUT2D eigenvalue weighted by Gasteiger charge is 2.69. The van der Waals surface area contributed by atoms with Crippen molar-refractivity contribution in [3.05, 3.63) is 112 Å². The molecule has 5 fully saturated rings. The SMILES string of the molecule is CC(C)(C)OC(=O)NN(C(=O)C1C(=O)[C@@]2(C)CC[C@@H]1C2(C)C)c1ccccc1F.CC(C)(C)OC(=O)NNc1ccccc1F.CC1(C)[C@H]2CC[C@]1(C)C(=O)C2C(=O)Cl.CC1(C)[C@H]2CC[C@]1(C)c1[nH]n(-c3ccccc3F)c(=O)c12. The van der Waals surface area contributed by atoms with E-state index < -0.39 is 63.4 Å². The lowest BCUT2D eigenvalue weighted by molar-refractivity contribution is -0.138. The number of H-pyrrole nitrogens is 1. The highest BCUT2D eigenvalue weighted by Crippen LogP contribution is 2.68. The summed E-state index contributed by atoms with van der Waals surface area (Å²) in [5, 5.41) is 3.59. The Hall–Kier alpha value is -6.43. The van der Waals surface area contributed by atoms with Crippen molar-refractivity contribution in [1.82, 2.24) is 20.6 Å². The predicted molar refractivity (Wildman–Crippen MR) is 299 cm³/mol. The maximum absolute atomic E-state index is 14.5. The van der Waals surface area contributed by atoms with Crippen LogP contribution in [-0.4, -0.2) is 55.9 Å². The number of halogens is 4. The molecule has 2 unspecified atom stereocenters. The van der Waals surface area contributed by atoms with Gasteiger partial charge in [0.1, 0.15) is 45.9 Å². The lowest BCUT2D eigenvalue weighted by Gasteiger charge is -2.34. The number of hydrazine groups is 2. The van der Waals surface area contributed by atoms with Crippen LogP contribution in [0.2, 0.25) is 0 Å². The highest BCUT2D eigenvalue weighted by molar-refractivity contribution is 6.65. The van der Waals surface area contributed by atoms with E-state index in [9.17, 15) is 46.7 Å². The number of ether oxygens (including phenoxy) is 2. The average molecular weight is 1130 g/mol. The van der Waals surface area contributed by atoms with E-state index in [1.54, 1.807) is 77.9 Å². The quantitative estimate of drug-likeness (QED) is 0.0819. The summed E-state index contributed by atoms with van der Waals surface area (Å²) in [6.07, 6.45) is 3.90. The van der Waals surface area contributed by atoms with Crippen LogP contribution in [0.15, 0.2) is 77.6 Å². The van der Waals surface area contributed by atoms with Crippen molar-refractivity contribution in [2.45, 2.75) is 165 Å². The van der Waals surface area contributed by atoms with E-state index in [4.69, 9.17) is 21.1 Å². The van der Waals surface area contributed by atoms with Crippen LogP contribution in [0.1, 0.15) is 160 Å². The van der Waals surface area contributed by atoms with Crippen molar-refractivity contribution in [2.75, 3.05) is 10.4 Å². The molecular weight excluding hydrogens is 1050 g/mol. The minimum atomic E-state index is -0.932. The van der Waals surface area contributed by atoms with Crippen molar-refractivity contribution in [3.8, 4) is 5.69 Å². The van der Waals surface area contributed by atoms with Crippen LogP contribution in [-0.2, 0) is 34.1 Å². The second-order valence-corrected chi connectivity index (χ2v) is 26.9. The van der Waals surface area contributed by atoms with Gasteiger partial charge in [-0.2, -0.15) is 0 Å². The van der Waals surface area contributed by atoms with Gasteiger partial charge in [0.05, 0.1) is 11.6 Å². The van der Waals surface area contributed by atoms with Crippen molar-refractivity contribution < 1.29 is 51.4 Å². The predicted octanol–water partition coefficient (Wildman–Crippen LogP) is 12.8. The van der Waals surface area contributed by atoms with Crippen LogP contribution in [0.5, 0.6) is 0 Å². The number of aromatic nitrogens is 2. The van der Waals surface area contributed by atoms with Crippen molar-refractivity contribution in [2.24, 2.45) is 50.7 Å².